The molecular weight excluding hydrogens is 306 g/mol. The van der Waals surface area contributed by atoms with E-state index in [1.54, 1.807) is 0 Å². The molecule has 0 amide bonds. The van der Waals surface area contributed by atoms with Crippen LogP contribution in [0.3, 0.4) is 0 Å². The highest BCUT2D eigenvalue weighted by atomic mass is 16.4. The summed E-state index contributed by atoms with van der Waals surface area (Å²) >= 11 is 0. The first-order chi connectivity index (χ1) is 11.6. The minimum atomic E-state index is -0.368. The Bertz CT molecular complexity index is 856. The van der Waals surface area contributed by atoms with Crippen LogP contribution in [-0.2, 0) is 0 Å². The lowest BCUT2D eigenvalue weighted by molar-refractivity contribution is 0.137. The van der Waals surface area contributed by atoms with Gasteiger partial charge in [-0.2, -0.15) is 10.1 Å². The number of aliphatic hydroxyl groups is 1. The van der Waals surface area contributed by atoms with Gasteiger partial charge in [-0.15, -0.1) is 0 Å². The molecule has 2 aromatic heterocycles. The zero-order valence-corrected chi connectivity index (χ0v) is 13.8. The number of rotatable bonds is 4. The summed E-state index contributed by atoms with van der Waals surface area (Å²) in [6, 6.07) is 6.42. The van der Waals surface area contributed by atoms with Gasteiger partial charge in [-0.05, 0) is 44.4 Å². The van der Waals surface area contributed by atoms with E-state index in [1.165, 1.54) is 0 Å². The standard InChI is InChI=1S/C17H21N5O2/c1-9-3-4-15-13(5-9)20-17(24-15)18-8-12-6-11(7-14(12)23)16-19-10(2)21-22-16/h3-5,11-12,14,23H,6-8H2,1-2H3,(H,18,20)(H,19,21,22)/t11-,12+,14+/m0/s1. The number of benzene rings is 1. The molecule has 1 fully saturated rings. The van der Waals surface area contributed by atoms with Crippen LogP contribution in [0.2, 0.25) is 0 Å². The molecule has 2 heterocycles. The number of nitrogens with one attached hydrogen (secondary N) is 2. The monoisotopic (exact) mass is 327 g/mol. The van der Waals surface area contributed by atoms with Crippen molar-refractivity contribution in [1.29, 1.82) is 0 Å². The molecule has 0 bridgehead atoms. The SMILES string of the molecule is Cc1ccc2oc(NC[C@H]3C[C@H](c4n[nH]c(C)n4)C[C@H]3O)nc2c1. The van der Waals surface area contributed by atoms with E-state index in [2.05, 4.69) is 25.5 Å². The fraction of sp³-hybridized carbons (Fsp3) is 0.471. The van der Waals surface area contributed by atoms with Crippen LogP contribution in [0.5, 0.6) is 0 Å². The Kier molecular flexibility index (Phi) is 3.72. The van der Waals surface area contributed by atoms with Gasteiger partial charge in [-0.25, -0.2) is 4.98 Å². The zero-order chi connectivity index (χ0) is 16.7. The van der Waals surface area contributed by atoms with Crippen molar-refractivity contribution in [2.45, 2.75) is 38.7 Å². The summed E-state index contributed by atoms with van der Waals surface area (Å²) in [6.45, 7) is 4.53. The second-order valence-electron chi connectivity index (χ2n) is 6.65. The van der Waals surface area contributed by atoms with Crippen LogP contribution in [0.1, 0.15) is 36.0 Å². The van der Waals surface area contributed by atoms with Gasteiger partial charge < -0.3 is 14.8 Å². The number of oxazole rings is 1. The van der Waals surface area contributed by atoms with Crippen molar-refractivity contribution in [3.8, 4) is 0 Å². The van der Waals surface area contributed by atoms with Crippen LogP contribution in [0.25, 0.3) is 11.1 Å². The van der Waals surface area contributed by atoms with E-state index in [9.17, 15) is 5.11 Å². The lowest BCUT2D eigenvalue weighted by atomic mass is 10.0. The molecule has 0 aliphatic heterocycles. The van der Waals surface area contributed by atoms with Crippen molar-refractivity contribution in [3.63, 3.8) is 0 Å². The first-order valence-corrected chi connectivity index (χ1v) is 8.26. The Morgan fingerprint density at radius 3 is 2.96 bits per heavy atom. The fourth-order valence-corrected chi connectivity index (χ4v) is 3.41. The maximum atomic E-state index is 10.3. The molecule has 3 atom stereocenters. The number of aromatic amines is 1. The number of fused-ring (bicyclic) bond motifs is 1. The smallest absolute Gasteiger partial charge is 0.295 e. The molecule has 1 aliphatic carbocycles. The lowest BCUT2D eigenvalue weighted by Crippen LogP contribution is -2.21. The molecule has 1 aliphatic rings. The Morgan fingerprint density at radius 1 is 1.29 bits per heavy atom. The molecule has 0 radical (unpaired) electrons. The summed E-state index contributed by atoms with van der Waals surface area (Å²) < 4.78 is 5.70. The van der Waals surface area contributed by atoms with Gasteiger partial charge in [0.05, 0.1) is 6.10 Å². The number of hydrogen-bond acceptors (Lipinski definition) is 6. The predicted octanol–water partition coefficient (Wildman–Crippen LogP) is 2.53. The number of aryl methyl sites for hydroxylation is 2. The minimum absolute atomic E-state index is 0.130. The topological polar surface area (TPSA) is 99.9 Å². The quantitative estimate of drug-likeness (QED) is 0.681. The van der Waals surface area contributed by atoms with E-state index in [0.717, 1.165) is 34.7 Å². The van der Waals surface area contributed by atoms with Crippen LogP contribution in [0, 0.1) is 19.8 Å². The highest BCUT2D eigenvalue weighted by Crippen LogP contribution is 2.37. The molecule has 4 rings (SSSR count). The van der Waals surface area contributed by atoms with Crippen molar-refractivity contribution in [2.24, 2.45) is 5.92 Å². The molecule has 3 aromatic rings. The highest BCUT2D eigenvalue weighted by molar-refractivity contribution is 5.75. The zero-order valence-electron chi connectivity index (χ0n) is 13.8. The first kappa shape index (κ1) is 15.1. The van der Waals surface area contributed by atoms with Gasteiger partial charge in [0.2, 0.25) is 0 Å². The Balaban J connectivity index is 1.41. The van der Waals surface area contributed by atoms with Crippen LogP contribution in [0.4, 0.5) is 6.01 Å². The number of nitrogens with zero attached hydrogens (tertiary/aromatic N) is 3. The first-order valence-electron chi connectivity index (χ1n) is 8.26. The van der Waals surface area contributed by atoms with Gasteiger partial charge in [0, 0.05) is 18.4 Å². The van der Waals surface area contributed by atoms with Crippen LogP contribution >= 0.6 is 0 Å². The van der Waals surface area contributed by atoms with Gasteiger partial charge >= 0.3 is 0 Å². The van der Waals surface area contributed by atoms with Crippen molar-refractivity contribution in [1.82, 2.24) is 20.2 Å². The maximum absolute atomic E-state index is 10.3. The van der Waals surface area contributed by atoms with Crippen LogP contribution < -0.4 is 5.32 Å². The normalized spacial score (nSPS) is 23.9. The molecule has 126 valence electrons. The number of aromatic nitrogens is 4. The average Bonchev–Trinajstić information content (AvgIpc) is 3.23. The summed E-state index contributed by atoms with van der Waals surface area (Å²) in [5, 5.41) is 20.6. The maximum Gasteiger partial charge on any atom is 0.295 e. The van der Waals surface area contributed by atoms with E-state index < -0.39 is 0 Å². The van der Waals surface area contributed by atoms with E-state index in [-0.39, 0.29) is 17.9 Å². The predicted molar refractivity (Wildman–Crippen MR) is 89.8 cm³/mol. The largest absolute Gasteiger partial charge is 0.424 e. The van der Waals surface area contributed by atoms with Gasteiger partial charge in [0.25, 0.3) is 6.01 Å². The van der Waals surface area contributed by atoms with Crippen LogP contribution in [0.15, 0.2) is 22.6 Å². The third kappa shape index (κ3) is 2.87. The van der Waals surface area contributed by atoms with Gasteiger partial charge in [0.15, 0.2) is 11.4 Å². The third-order valence-corrected chi connectivity index (χ3v) is 4.70. The van der Waals surface area contributed by atoms with Gasteiger partial charge in [-0.3, -0.25) is 5.10 Å². The van der Waals surface area contributed by atoms with Gasteiger partial charge in [-0.1, -0.05) is 6.07 Å². The van der Waals surface area contributed by atoms with Crippen molar-refractivity contribution in [3.05, 3.63) is 35.4 Å². The van der Waals surface area contributed by atoms with Gasteiger partial charge in [0.1, 0.15) is 11.3 Å². The summed E-state index contributed by atoms with van der Waals surface area (Å²) in [4.78, 5) is 8.84. The molecular formula is C17H21N5O2. The van der Waals surface area contributed by atoms with Crippen molar-refractivity contribution >= 4 is 17.1 Å². The van der Waals surface area contributed by atoms with E-state index >= 15 is 0 Å². The molecule has 7 heteroatoms. The fourth-order valence-electron chi connectivity index (χ4n) is 3.41. The summed E-state index contributed by atoms with van der Waals surface area (Å²) in [5.74, 6) is 1.93. The number of H-pyrrole nitrogens is 1. The molecule has 24 heavy (non-hydrogen) atoms. The number of hydrogen-bond donors (Lipinski definition) is 3. The molecule has 1 saturated carbocycles. The van der Waals surface area contributed by atoms with E-state index in [4.69, 9.17) is 4.42 Å². The number of anilines is 1. The van der Waals surface area contributed by atoms with Crippen molar-refractivity contribution in [2.75, 3.05) is 11.9 Å². The van der Waals surface area contributed by atoms with Crippen molar-refractivity contribution < 1.29 is 9.52 Å². The minimum Gasteiger partial charge on any atom is -0.424 e. The third-order valence-electron chi connectivity index (χ3n) is 4.70. The summed E-state index contributed by atoms with van der Waals surface area (Å²) in [5.41, 5.74) is 2.76. The van der Waals surface area contributed by atoms with E-state index in [1.807, 2.05) is 32.0 Å². The second-order valence-corrected chi connectivity index (χ2v) is 6.65. The highest BCUT2D eigenvalue weighted by Gasteiger charge is 2.35. The summed E-state index contributed by atoms with van der Waals surface area (Å²) in [6.07, 6.45) is 1.18. The Labute approximate surface area is 139 Å². The van der Waals surface area contributed by atoms with Crippen LogP contribution in [-0.4, -0.2) is 37.9 Å². The molecule has 1 aromatic carbocycles. The second kappa shape index (κ2) is 5.90. The molecule has 7 nitrogen and oxygen atoms in total. The number of aliphatic hydroxyl groups excluding tert-OH is 1. The molecule has 3 N–H and O–H groups in total. The lowest BCUT2D eigenvalue weighted by Gasteiger charge is -2.13. The molecule has 0 spiro atoms. The molecule has 0 saturated heterocycles. The Hall–Kier alpha value is -2.41. The molecule has 0 unspecified atom stereocenters. The average molecular weight is 327 g/mol. The van der Waals surface area contributed by atoms with E-state index in [0.29, 0.717) is 19.0 Å². The summed E-state index contributed by atoms with van der Waals surface area (Å²) in [7, 11) is 0. The Morgan fingerprint density at radius 2 is 2.17 bits per heavy atom.